The molecule has 0 bridgehead atoms. The fourth-order valence-electron chi connectivity index (χ4n) is 2.50. The first-order valence-corrected chi connectivity index (χ1v) is 6.72. The number of nitrogens with one attached hydrogen (secondary N) is 2. The predicted molar refractivity (Wildman–Crippen MR) is 70.8 cm³/mol. The zero-order chi connectivity index (χ0) is 13.7. The Morgan fingerprint density at radius 1 is 1.33 bits per heavy atom. The average molecular weight is 255 g/mol. The van der Waals surface area contributed by atoms with Crippen LogP contribution in [-0.4, -0.2) is 30.4 Å². The Labute approximate surface area is 109 Å². The van der Waals surface area contributed by atoms with E-state index < -0.39 is 0 Å². The molecule has 0 heterocycles. The molecule has 104 valence electrons. The Balaban J connectivity index is 2.34. The van der Waals surface area contributed by atoms with E-state index in [-0.39, 0.29) is 36.4 Å². The Bertz CT molecular complexity index is 305. The molecule has 3 atom stereocenters. The molecule has 0 aromatic heterocycles. The molecule has 4 N–H and O–H groups in total. The van der Waals surface area contributed by atoms with Crippen molar-refractivity contribution in [2.45, 2.75) is 52.1 Å². The van der Waals surface area contributed by atoms with Gasteiger partial charge in [0.25, 0.3) is 0 Å². The number of hydrogen-bond acceptors (Lipinski definition) is 3. The third-order valence-corrected chi connectivity index (χ3v) is 3.42. The molecule has 5 heteroatoms. The lowest BCUT2D eigenvalue weighted by Gasteiger charge is -2.31. The first-order valence-electron chi connectivity index (χ1n) is 6.72. The summed E-state index contributed by atoms with van der Waals surface area (Å²) < 4.78 is 0. The van der Waals surface area contributed by atoms with Gasteiger partial charge in [-0.3, -0.25) is 9.59 Å². The lowest BCUT2D eigenvalue weighted by atomic mass is 9.78. The van der Waals surface area contributed by atoms with Gasteiger partial charge in [0.1, 0.15) is 0 Å². The molecule has 5 nitrogen and oxygen atoms in total. The molecule has 0 radical (unpaired) electrons. The van der Waals surface area contributed by atoms with E-state index in [2.05, 4.69) is 17.6 Å². The number of nitrogens with two attached hydrogens (primary N) is 1. The van der Waals surface area contributed by atoms with Crippen LogP contribution in [0.3, 0.4) is 0 Å². The standard InChI is InChI=1S/C13H25N3O2/c1-8(2)16-12(17)7-15-13(18)11-5-4-10(14)6-9(11)3/h8-11H,4-7,14H2,1-3H3,(H,15,18)(H,16,17). The maximum Gasteiger partial charge on any atom is 0.239 e. The molecule has 1 saturated carbocycles. The monoisotopic (exact) mass is 255 g/mol. The maximum atomic E-state index is 12.0. The number of rotatable bonds is 4. The predicted octanol–water partition coefficient (Wildman–Crippen LogP) is 0.391. The van der Waals surface area contributed by atoms with Crippen molar-refractivity contribution in [3.63, 3.8) is 0 Å². The van der Waals surface area contributed by atoms with Gasteiger partial charge >= 0.3 is 0 Å². The molecular weight excluding hydrogens is 230 g/mol. The van der Waals surface area contributed by atoms with Crippen LogP contribution < -0.4 is 16.4 Å². The zero-order valence-corrected chi connectivity index (χ0v) is 11.5. The molecule has 0 aliphatic heterocycles. The summed E-state index contributed by atoms with van der Waals surface area (Å²) in [6.45, 7) is 5.90. The van der Waals surface area contributed by atoms with Gasteiger partial charge in [0, 0.05) is 18.0 Å². The average Bonchev–Trinajstić information content (AvgIpc) is 2.25. The molecule has 1 fully saturated rings. The van der Waals surface area contributed by atoms with Gasteiger partial charge < -0.3 is 16.4 Å². The van der Waals surface area contributed by atoms with Crippen LogP contribution >= 0.6 is 0 Å². The normalized spacial score (nSPS) is 27.9. The van der Waals surface area contributed by atoms with Crippen LogP contribution in [0.25, 0.3) is 0 Å². The highest BCUT2D eigenvalue weighted by Gasteiger charge is 2.30. The van der Waals surface area contributed by atoms with E-state index in [1.54, 1.807) is 0 Å². The molecule has 1 rings (SSSR count). The molecule has 1 aliphatic carbocycles. The first-order chi connectivity index (χ1) is 8.40. The number of amides is 2. The Kier molecular flexibility index (Phi) is 5.59. The largest absolute Gasteiger partial charge is 0.352 e. The Morgan fingerprint density at radius 3 is 2.56 bits per heavy atom. The van der Waals surface area contributed by atoms with Crippen LogP contribution in [0.4, 0.5) is 0 Å². The Hall–Kier alpha value is -1.10. The fourth-order valence-corrected chi connectivity index (χ4v) is 2.50. The molecule has 0 aromatic rings. The third kappa shape index (κ3) is 4.64. The highest BCUT2D eigenvalue weighted by molar-refractivity contribution is 5.86. The van der Waals surface area contributed by atoms with E-state index in [9.17, 15) is 9.59 Å². The van der Waals surface area contributed by atoms with Gasteiger partial charge in [-0.2, -0.15) is 0 Å². The van der Waals surface area contributed by atoms with Crippen molar-refractivity contribution in [2.24, 2.45) is 17.6 Å². The molecule has 2 amide bonds. The summed E-state index contributed by atoms with van der Waals surface area (Å²) >= 11 is 0. The van der Waals surface area contributed by atoms with Crippen LogP contribution in [0.5, 0.6) is 0 Å². The SMILES string of the molecule is CC(C)NC(=O)CNC(=O)C1CCC(N)CC1C. The quantitative estimate of drug-likeness (QED) is 0.679. The van der Waals surface area contributed by atoms with Crippen molar-refractivity contribution in [1.82, 2.24) is 10.6 Å². The minimum Gasteiger partial charge on any atom is -0.352 e. The highest BCUT2D eigenvalue weighted by atomic mass is 16.2. The summed E-state index contributed by atoms with van der Waals surface area (Å²) in [4.78, 5) is 23.4. The minimum absolute atomic E-state index is 0.00310. The fraction of sp³-hybridized carbons (Fsp3) is 0.846. The number of hydrogen-bond donors (Lipinski definition) is 3. The summed E-state index contributed by atoms with van der Waals surface area (Å²) in [7, 11) is 0. The molecule has 1 aliphatic rings. The van der Waals surface area contributed by atoms with Crippen LogP contribution in [0, 0.1) is 11.8 Å². The third-order valence-electron chi connectivity index (χ3n) is 3.42. The highest BCUT2D eigenvalue weighted by Crippen LogP contribution is 2.28. The molecular formula is C13H25N3O2. The zero-order valence-electron chi connectivity index (χ0n) is 11.5. The smallest absolute Gasteiger partial charge is 0.239 e. The summed E-state index contributed by atoms with van der Waals surface area (Å²) in [5.74, 6) is 0.130. The van der Waals surface area contributed by atoms with E-state index >= 15 is 0 Å². The summed E-state index contributed by atoms with van der Waals surface area (Å²) in [6, 6.07) is 0.314. The Morgan fingerprint density at radius 2 is 2.00 bits per heavy atom. The van der Waals surface area contributed by atoms with Crippen molar-refractivity contribution < 1.29 is 9.59 Å². The van der Waals surface area contributed by atoms with Crippen molar-refractivity contribution in [1.29, 1.82) is 0 Å². The van der Waals surface area contributed by atoms with Crippen molar-refractivity contribution in [2.75, 3.05) is 6.54 Å². The van der Waals surface area contributed by atoms with Gasteiger partial charge in [-0.1, -0.05) is 6.92 Å². The molecule has 0 aromatic carbocycles. The second kappa shape index (κ2) is 6.73. The van der Waals surface area contributed by atoms with Gasteiger partial charge in [-0.25, -0.2) is 0 Å². The second-order valence-corrected chi connectivity index (χ2v) is 5.60. The van der Waals surface area contributed by atoms with Gasteiger partial charge in [0.05, 0.1) is 6.54 Å². The van der Waals surface area contributed by atoms with Gasteiger partial charge in [-0.05, 0) is 39.0 Å². The van der Waals surface area contributed by atoms with E-state index in [0.717, 1.165) is 19.3 Å². The number of carbonyl (C=O) groups is 2. The van der Waals surface area contributed by atoms with E-state index in [1.165, 1.54) is 0 Å². The molecule has 18 heavy (non-hydrogen) atoms. The van der Waals surface area contributed by atoms with Crippen LogP contribution in [0.1, 0.15) is 40.0 Å². The van der Waals surface area contributed by atoms with Crippen LogP contribution in [-0.2, 0) is 9.59 Å². The van der Waals surface area contributed by atoms with Gasteiger partial charge in [-0.15, -0.1) is 0 Å². The summed E-state index contributed by atoms with van der Waals surface area (Å²) in [6.07, 6.45) is 2.59. The van der Waals surface area contributed by atoms with Crippen molar-refractivity contribution in [3.8, 4) is 0 Å². The summed E-state index contributed by atoms with van der Waals surface area (Å²) in [5, 5.41) is 5.46. The van der Waals surface area contributed by atoms with Crippen molar-refractivity contribution >= 4 is 11.8 Å². The van der Waals surface area contributed by atoms with E-state index in [1.807, 2.05) is 13.8 Å². The first kappa shape index (κ1) is 15.0. The van der Waals surface area contributed by atoms with E-state index in [4.69, 9.17) is 5.73 Å². The van der Waals surface area contributed by atoms with Gasteiger partial charge in [0.2, 0.25) is 11.8 Å². The minimum atomic E-state index is -0.140. The lowest BCUT2D eigenvalue weighted by molar-refractivity contribution is -0.130. The second-order valence-electron chi connectivity index (χ2n) is 5.60. The molecule has 0 saturated heterocycles. The van der Waals surface area contributed by atoms with Crippen LogP contribution in [0.2, 0.25) is 0 Å². The van der Waals surface area contributed by atoms with E-state index in [0.29, 0.717) is 5.92 Å². The molecule has 0 spiro atoms. The lowest BCUT2D eigenvalue weighted by Crippen LogP contribution is -2.45. The maximum absolute atomic E-state index is 12.0. The summed E-state index contributed by atoms with van der Waals surface area (Å²) in [5.41, 5.74) is 5.87. The van der Waals surface area contributed by atoms with Crippen LogP contribution in [0.15, 0.2) is 0 Å². The molecule has 3 unspecified atom stereocenters. The van der Waals surface area contributed by atoms with Crippen molar-refractivity contribution in [3.05, 3.63) is 0 Å². The van der Waals surface area contributed by atoms with Gasteiger partial charge in [0.15, 0.2) is 0 Å². The number of carbonyl (C=O) groups excluding carboxylic acids is 2. The topological polar surface area (TPSA) is 84.2 Å².